The van der Waals surface area contributed by atoms with Gasteiger partial charge in [-0.05, 0) is 43.5 Å². The maximum Gasteiger partial charge on any atom is 0.251 e. The summed E-state index contributed by atoms with van der Waals surface area (Å²) < 4.78 is 24.7. The van der Waals surface area contributed by atoms with Crippen LogP contribution in [0, 0.1) is 6.42 Å². The maximum absolute atomic E-state index is 12.6. The maximum atomic E-state index is 12.6. The van der Waals surface area contributed by atoms with Gasteiger partial charge in [0.25, 0.3) is 5.91 Å². The molecule has 2 fully saturated rings. The van der Waals surface area contributed by atoms with E-state index in [-0.39, 0.29) is 18.4 Å². The van der Waals surface area contributed by atoms with Gasteiger partial charge in [-0.25, -0.2) is 8.42 Å². The summed E-state index contributed by atoms with van der Waals surface area (Å²) in [7, 11) is -3.59. The average Bonchev–Trinajstić information content (AvgIpc) is 2.67. The van der Waals surface area contributed by atoms with Crippen LogP contribution in [-0.2, 0) is 19.6 Å². The molecule has 0 aromatic heterocycles. The molecule has 9 nitrogen and oxygen atoms in total. The van der Waals surface area contributed by atoms with Crippen molar-refractivity contribution >= 4 is 33.4 Å². The number of hydrogen-bond donors (Lipinski definition) is 2. The highest BCUT2D eigenvalue weighted by Crippen LogP contribution is 2.22. The third kappa shape index (κ3) is 4.94. The Morgan fingerprint density at radius 3 is 2.41 bits per heavy atom. The Labute approximate surface area is 170 Å². The smallest absolute Gasteiger partial charge is 0.251 e. The van der Waals surface area contributed by atoms with Crippen LogP contribution in [-0.4, -0.2) is 61.9 Å². The van der Waals surface area contributed by atoms with Crippen LogP contribution in [0.25, 0.3) is 0 Å². The van der Waals surface area contributed by atoms with E-state index < -0.39 is 28.0 Å². The second-order valence-electron chi connectivity index (χ2n) is 7.33. The van der Waals surface area contributed by atoms with Gasteiger partial charge in [-0.15, -0.1) is 0 Å². The fraction of sp³-hybridized carbons (Fsp3) is 0.474. The van der Waals surface area contributed by atoms with Crippen LogP contribution in [0.15, 0.2) is 24.3 Å². The Hall–Kier alpha value is -2.46. The van der Waals surface area contributed by atoms with Gasteiger partial charge >= 0.3 is 0 Å². The third-order valence-corrected chi connectivity index (χ3v) is 6.45. The molecule has 0 bridgehead atoms. The first kappa shape index (κ1) is 21.3. The van der Waals surface area contributed by atoms with Crippen molar-refractivity contribution in [3.63, 3.8) is 0 Å². The molecule has 2 saturated heterocycles. The normalized spacial score (nSPS) is 23.6. The fourth-order valence-electron chi connectivity index (χ4n) is 3.67. The molecule has 3 N–H and O–H groups in total. The zero-order valence-electron chi connectivity index (χ0n) is 16.2. The Morgan fingerprint density at radius 1 is 1.14 bits per heavy atom. The molecule has 1 aromatic carbocycles. The van der Waals surface area contributed by atoms with E-state index >= 15 is 0 Å². The summed E-state index contributed by atoms with van der Waals surface area (Å²) in [5.74, 6) is -1.05. The van der Waals surface area contributed by atoms with Crippen molar-refractivity contribution < 1.29 is 22.8 Å². The van der Waals surface area contributed by atoms with Gasteiger partial charge < -0.3 is 16.0 Å². The molecular formula is C19H25N4O5S. The topological polar surface area (TPSA) is 130 Å². The highest BCUT2D eigenvalue weighted by atomic mass is 32.2. The first-order chi connectivity index (χ1) is 13.7. The molecule has 157 valence electrons. The molecule has 2 atom stereocenters. The van der Waals surface area contributed by atoms with Crippen molar-refractivity contribution in [2.24, 2.45) is 5.73 Å². The number of amides is 3. The van der Waals surface area contributed by atoms with Crippen molar-refractivity contribution in [1.29, 1.82) is 0 Å². The number of primary amides is 1. The minimum absolute atomic E-state index is 0.0816. The first-order valence-corrected chi connectivity index (χ1v) is 11.3. The van der Waals surface area contributed by atoms with Crippen LogP contribution in [0.3, 0.4) is 0 Å². The SMILES string of the molecule is CS(=O)(=O)N1CCC(NC(=O)c2ccc(N3CCCCC3=O)cc2)[CH]C1C(N)=O. The molecule has 29 heavy (non-hydrogen) atoms. The van der Waals surface area contributed by atoms with Crippen LogP contribution in [0.1, 0.15) is 36.0 Å². The summed E-state index contributed by atoms with van der Waals surface area (Å²) in [6, 6.07) is 5.17. The fourth-order valence-corrected chi connectivity index (χ4v) is 4.69. The highest BCUT2D eigenvalue weighted by Gasteiger charge is 2.38. The molecule has 3 rings (SSSR count). The lowest BCUT2D eigenvalue weighted by molar-refractivity contribution is -0.121. The van der Waals surface area contributed by atoms with Crippen LogP contribution in [0.5, 0.6) is 0 Å². The number of benzene rings is 1. The van der Waals surface area contributed by atoms with Crippen molar-refractivity contribution in [3.8, 4) is 0 Å². The van der Waals surface area contributed by atoms with E-state index in [1.54, 1.807) is 29.2 Å². The molecule has 0 aliphatic carbocycles. The van der Waals surface area contributed by atoms with Gasteiger partial charge in [-0.2, -0.15) is 4.31 Å². The predicted molar refractivity (Wildman–Crippen MR) is 107 cm³/mol. The lowest BCUT2D eigenvalue weighted by atomic mass is 9.98. The van der Waals surface area contributed by atoms with E-state index in [1.165, 1.54) is 6.42 Å². The molecule has 10 heteroatoms. The number of nitrogens with two attached hydrogens (primary N) is 1. The second kappa shape index (κ2) is 8.50. The molecule has 1 radical (unpaired) electrons. The van der Waals surface area contributed by atoms with E-state index in [0.29, 0.717) is 24.9 Å². The van der Waals surface area contributed by atoms with Gasteiger partial charge in [0, 0.05) is 43.2 Å². The Bertz CT molecular complexity index is 900. The van der Waals surface area contributed by atoms with E-state index in [4.69, 9.17) is 5.73 Å². The average molecular weight is 421 g/mol. The first-order valence-electron chi connectivity index (χ1n) is 9.49. The molecule has 2 unspecified atom stereocenters. The third-order valence-electron chi connectivity index (χ3n) is 5.18. The number of anilines is 1. The van der Waals surface area contributed by atoms with Crippen LogP contribution in [0.2, 0.25) is 0 Å². The largest absolute Gasteiger partial charge is 0.368 e. The molecule has 3 amide bonds. The minimum Gasteiger partial charge on any atom is -0.368 e. The molecule has 2 aliphatic rings. The Morgan fingerprint density at radius 2 is 1.83 bits per heavy atom. The molecule has 1 aromatic rings. The quantitative estimate of drug-likeness (QED) is 0.693. The van der Waals surface area contributed by atoms with Crippen molar-refractivity contribution in [2.75, 3.05) is 24.2 Å². The lowest BCUT2D eigenvalue weighted by Gasteiger charge is -2.36. The van der Waals surface area contributed by atoms with Gasteiger partial charge in [0.05, 0.1) is 6.26 Å². The standard InChI is InChI=1S/C19H25N4O5S/c1-29(27,28)23-11-9-14(12-16(23)18(20)25)21-19(26)13-5-7-15(8-6-13)22-10-3-2-4-17(22)24/h5-8,12,14,16H,2-4,9-11H2,1H3,(H2,20,25)(H,21,26). The number of piperidine rings is 2. The Balaban J connectivity index is 1.64. The van der Waals surface area contributed by atoms with E-state index in [2.05, 4.69) is 5.32 Å². The highest BCUT2D eigenvalue weighted by molar-refractivity contribution is 7.88. The van der Waals surface area contributed by atoms with Crippen molar-refractivity contribution in [3.05, 3.63) is 36.2 Å². The summed E-state index contributed by atoms with van der Waals surface area (Å²) in [6.07, 6.45) is 5.19. The van der Waals surface area contributed by atoms with Crippen molar-refractivity contribution in [2.45, 2.75) is 37.8 Å². The number of hydrogen-bond acceptors (Lipinski definition) is 5. The van der Waals surface area contributed by atoms with E-state index in [1.807, 2.05) is 0 Å². The number of rotatable bonds is 5. The summed E-state index contributed by atoms with van der Waals surface area (Å²) >= 11 is 0. The number of sulfonamides is 1. The van der Waals surface area contributed by atoms with Gasteiger partial charge in [0.2, 0.25) is 21.8 Å². The summed E-state index contributed by atoms with van der Waals surface area (Å²) in [6.45, 7) is 0.761. The summed E-state index contributed by atoms with van der Waals surface area (Å²) in [4.78, 5) is 38.0. The number of carbonyl (C=O) groups excluding carboxylic acids is 3. The van der Waals surface area contributed by atoms with Crippen LogP contribution < -0.4 is 16.0 Å². The lowest BCUT2D eigenvalue weighted by Crippen LogP contribution is -2.56. The predicted octanol–water partition coefficient (Wildman–Crippen LogP) is 0.0254. The Kier molecular flexibility index (Phi) is 6.23. The van der Waals surface area contributed by atoms with Crippen LogP contribution in [0.4, 0.5) is 5.69 Å². The number of carbonyl (C=O) groups is 3. The summed E-state index contributed by atoms with van der Waals surface area (Å²) in [5.41, 5.74) is 6.50. The minimum atomic E-state index is -3.59. The van der Waals surface area contributed by atoms with Gasteiger partial charge in [-0.3, -0.25) is 14.4 Å². The van der Waals surface area contributed by atoms with Gasteiger partial charge in [-0.1, -0.05) is 0 Å². The monoisotopic (exact) mass is 421 g/mol. The molecule has 0 saturated carbocycles. The number of nitrogens with one attached hydrogen (secondary N) is 1. The molecular weight excluding hydrogens is 396 g/mol. The molecule has 2 aliphatic heterocycles. The molecule has 2 heterocycles. The van der Waals surface area contributed by atoms with E-state index in [9.17, 15) is 22.8 Å². The zero-order chi connectivity index (χ0) is 21.2. The zero-order valence-corrected chi connectivity index (χ0v) is 17.0. The summed E-state index contributed by atoms with van der Waals surface area (Å²) in [5, 5.41) is 2.80. The number of nitrogens with zero attached hydrogens (tertiary/aromatic N) is 2. The van der Waals surface area contributed by atoms with Gasteiger partial charge in [0.1, 0.15) is 6.04 Å². The second-order valence-corrected chi connectivity index (χ2v) is 9.27. The van der Waals surface area contributed by atoms with E-state index in [0.717, 1.165) is 29.1 Å². The van der Waals surface area contributed by atoms with Gasteiger partial charge in [0.15, 0.2) is 0 Å². The molecule has 0 spiro atoms. The van der Waals surface area contributed by atoms with Crippen LogP contribution >= 0.6 is 0 Å². The van der Waals surface area contributed by atoms with Crippen molar-refractivity contribution in [1.82, 2.24) is 9.62 Å².